The molecule has 4 heterocycles. The molecule has 1 aromatic heterocycles. The molecule has 0 saturated carbocycles. The second kappa shape index (κ2) is 8.87. The average Bonchev–Trinajstić information content (AvgIpc) is 3.64. The van der Waals surface area contributed by atoms with E-state index in [0.29, 0.717) is 29.0 Å². The maximum absolute atomic E-state index is 14.3. The van der Waals surface area contributed by atoms with Crippen molar-refractivity contribution < 1.29 is 19.2 Å². The van der Waals surface area contributed by atoms with Gasteiger partial charge in [0.2, 0.25) is 23.6 Å². The molecule has 0 bridgehead atoms. The fourth-order valence-electron chi connectivity index (χ4n) is 7.12. The number of para-hydroxylation sites is 1. The molecule has 9 heteroatoms. The van der Waals surface area contributed by atoms with Crippen molar-refractivity contribution in [2.45, 2.75) is 38.8 Å². The van der Waals surface area contributed by atoms with Gasteiger partial charge in [0, 0.05) is 47.0 Å². The van der Waals surface area contributed by atoms with Crippen LogP contribution in [0.15, 0.2) is 66.9 Å². The highest BCUT2D eigenvalue weighted by Gasteiger charge is 2.70. The highest BCUT2D eigenvalue weighted by Crippen LogP contribution is 2.54. The number of nitrogens with one attached hydrogen (secondary N) is 4. The SMILES string of the molecule is CC(=O)Nc1ccc(N2C(=O)[C@@H]3[C@H](Cc4c[nH]c5ccccc45)N[C@@]4(C(=O)Nc5c(C)cc(C)cc54)[C@@H]3C2=O)cc1. The van der Waals surface area contributed by atoms with Crippen LogP contribution in [-0.4, -0.2) is 34.7 Å². The van der Waals surface area contributed by atoms with E-state index in [4.69, 9.17) is 0 Å². The summed E-state index contributed by atoms with van der Waals surface area (Å²) in [5.74, 6) is -2.98. The van der Waals surface area contributed by atoms with Crippen LogP contribution < -0.4 is 20.9 Å². The summed E-state index contributed by atoms with van der Waals surface area (Å²) in [6.45, 7) is 5.31. The lowest BCUT2D eigenvalue weighted by molar-refractivity contribution is -0.130. The van der Waals surface area contributed by atoms with Crippen LogP contribution in [0.3, 0.4) is 0 Å². The molecule has 206 valence electrons. The Kier molecular flexibility index (Phi) is 5.46. The number of carbonyl (C=O) groups is 4. The van der Waals surface area contributed by atoms with Gasteiger partial charge in [-0.25, -0.2) is 4.90 Å². The van der Waals surface area contributed by atoms with Crippen LogP contribution in [0, 0.1) is 25.7 Å². The van der Waals surface area contributed by atoms with E-state index in [-0.39, 0.29) is 17.7 Å². The Morgan fingerprint density at radius 2 is 1.76 bits per heavy atom. The molecule has 1 spiro atoms. The fourth-order valence-corrected chi connectivity index (χ4v) is 7.12. The highest BCUT2D eigenvalue weighted by atomic mass is 16.2. The zero-order valence-corrected chi connectivity index (χ0v) is 22.9. The average molecular weight is 548 g/mol. The van der Waals surface area contributed by atoms with Gasteiger partial charge in [0.25, 0.3) is 0 Å². The molecular weight excluding hydrogens is 518 g/mol. The van der Waals surface area contributed by atoms with Crippen LogP contribution in [0.2, 0.25) is 0 Å². The van der Waals surface area contributed by atoms with Gasteiger partial charge >= 0.3 is 0 Å². The summed E-state index contributed by atoms with van der Waals surface area (Å²) in [4.78, 5) is 58.5. The first-order valence-corrected chi connectivity index (χ1v) is 13.7. The number of aromatic amines is 1. The van der Waals surface area contributed by atoms with Crippen molar-refractivity contribution >= 4 is 51.6 Å². The van der Waals surface area contributed by atoms with E-state index in [1.165, 1.54) is 11.8 Å². The Bertz CT molecular complexity index is 1790. The molecule has 3 aromatic carbocycles. The second-order valence-electron chi connectivity index (χ2n) is 11.3. The van der Waals surface area contributed by atoms with E-state index in [1.807, 2.05) is 56.4 Å². The number of nitrogens with zero attached hydrogens (tertiary/aromatic N) is 1. The number of carbonyl (C=O) groups excluding carboxylic acids is 4. The van der Waals surface area contributed by atoms with Gasteiger partial charge in [-0.05, 0) is 61.7 Å². The number of imide groups is 1. The number of aryl methyl sites for hydroxylation is 2. The number of fused-ring (bicyclic) bond motifs is 5. The van der Waals surface area contributed by atoms with E-state index in [2.05, 4.69) is 20.9 Å². The van der Waals surface area contributed by atoms with Crippen molar-refractivity contribution in [1.82, 2.24) is 10.3 Å². The molecule has 2 fully saturated rings. The van der Waals surface area contributed by atoms with Crippen molar-refractivity contribution in [1.29, 1.82) is 0 Å². The maximum Gasteiger partial charge on any atom is 0.250 e. The number of aromatic nitrogens is 1. The van der Waals surface area contributed by atoms with Crippen LogP contribution in [0.25, 0.3) is 10.9 Å². The minimum absolute atomic E-state index is 0.217. The summed E-state index contributed by atoms with van der Waals surface area (Å²) < 4.78 is 0. The Labute approximate surface area is 236 Å². The van der Waals surface area contributed by atoms with E-state index >= 15 is 0 Å². The predicted octanol–water partition coefficient (Wildman–Crippen LogP) is 3.91. The van der Waals surface area contributed by atoms with Gasteiger partial charge in [-0.1, -0.05) is 35.9 Å². The first kappa shape index (κ1) is 25.2. The number of anilines is 3. The smallest absolute Gasteiger partial charge is 0.250 e. The summed E-state index contributed by atoms with van der Waals surface area (Å²) in [5, 5.41) is 10.3. The quantitative estimate of drug-likeness (QED) is 0.289. The van der Waals surface area contributed by atoms with E-state index < -0.39 is 29.3 Å². The zero-order chi connectivity index (χ0) is 28.6. The summed E-state index contributed by atoms with van der Waals surface area (Å²) >= 11 is 0. The first-order valence-electron chi connectivity index (χ1n) is 13.7. The van der Waals surface area contributed by atoms with Crippen molar-refractivity contribution in [3.8, 4) is 0 Å². The van der Waals surface area contributed by atoms with Gasteiger partial charge in [0.05, 0.1) is 17.5 Å². The van der Waals surface area contributed by atoms with Crippen LogP contribution in [0.5, 0.6) is 0 Å². The van der Waals surface area contributed by atoms with Crippen LogP contribution in [-0.2, 0) is 31.1 Å². The predicted molar refractivity (Wildman–Crippen MR) is 155 cm³/mol. The molecule has 4 atom stereocenters. The molecule has 3 aliphatic heterocycles. The van der Waals surface area contributed by atoms with Gasteiger partial charge in [-0.3, -0.25) is 24.5 Å². The monoisotopic (exact) mass is 547 g/mol. The van der Waals surface area contributed by atoms with E-state index in [9.17, 15) is 19.2 Å². The topological polar surface area (TPSA) is 123 Å². The van der Waals surface area contributed by atoms with Gasteiger partial charge in [-0.15, -0.1) is 0 Å². The minimum Gasteiger partial charge on any atom is -0.361 e. The molecule has 41 heavy (non-hydrogen) atoms. The van der Waals surface area contributed by atoms with Crippen molar-refractivity contribution in [3.05, 3.63) is 89.1 Å². The van der Waals surface area contributed by atoms with Gasteiger partial charge in [0.1, 0.15) is 5.54 Å². The number of benzene rings is 3. The lowest BCUT2D eigenvalue weighted by Crippen LogP contribution is -2.53. The Morgan fingerprint density at radius 3 is 2.51 bits per heavy atom. The molecule has 0 unspecified atom stereocenters. The van der Waals surface area contributed by atoms with Crippen LogP contribution in [0.1, 0.15) is 29.2 Å². The van der Waals surface area contributed by atoms with Crippen molar-refractivity contribution in [3.63, 3.8) is 0 Å². The molecule has 7 rings (SSSR count). The van der Waals surface area contributed by atoms with E-state index in [1.54, 1.807) is 24.3 Å². The third kappa shape index (κ3) is 3.58. The number of H-pyrrole nitrogens is 1. The fraction of sp³-hybridized carbons (Fsp3) is 0.250. The Morgan fingerprint density at radius 1 is 1.00 bits per heavy atom. The summed E-state index contributed by atoms with van der Waals surface area (Å²) in [6, 6.07) is 18.0. The third-order valence-electron chi connectivity index (χ3n) is 8.73. The molecule has 4 aromatic rings. The molecule has 4 amide bonds. The largest absolute Gasteiger partial charge is 0.361 e. The first-order chi connectivity index (χ1) is 19.7. The molecule has 2 saturated heterocycles. The highest BCUT2D eigenvalue weighted by molar-refractivity contribution is 6.26. The van der Waals surface area contributed by atoms with Crippen LogP contribution >= 0.6 is 0 Å². The molecule has 4 N–H and O–H groups in total. The van der Waals surface area contributed by atoms with E-state index in [0.717, 1.165) is 27.6 Å². The Balaban J connectivity index is 1.35. The Hall–Kier alpha value is -4.76. The number of rotatable bonds is 4. The molecular formula is C32H29N5O4. The molecule has 0 radical (unpaired) electrons. The summed E-state index contributed by atoms with van der Waals surface area (Å²) in [7, 11) is 0. The van der Waals surface area contributed by atoms with Gasteiger partial charge in [0.15, 0.2) is 0 Å². The van der Waals surface area contributed by atoms with Crippen LogP contribution in [0.4, 0.5) is 17.1 Å². The molecule has 0 aliphatic carbocycles. The zero-order valence-electron chi connectivity index (χ0n) is 22.9. The van der Waals surface area contributed by atoms with Gasteiger partial charge in [-0.2, -0.15) is 0 Å². The lowest BCUT2D eigenvalue weighted by atomic mass is 9.75. The van der Waals surface area contributed by atoms with Crippen molar-refractivity contribution in [2.24, 2.45) is 11.8 Å². The van der Waals surface area contributed by atoms with Crippen molar-refractivity contribution in [2.75, 3.05) is 15.5 Å². The number of hydrogen-bond acceptors (Lipinski definition) is 5. The lowest BCUT2D eigenvalue weighted by Gasteiger charge is -2.30. The maximum atomic E-state index is 14.3. The number of hydrogen-bond donors (Lipinski definition) is 4. The summed E-state index contributed by atoms with van der Waals surface area (Å²) in [5.41, 5.74) is 4.85. The van der Waals surface area contributed by atoms with Gasteiger partial charge < -0.3 is 15.6 Å². The minimum atomic E-state index is -1.38. The normalized spacial score (nSPS) is 24.7. The summed E-state index contributed by atoms with van der Waals surface area (Å²) in [6.07, 6.45) is 2.39. The molecule has 3 aliphatic rings. The number of amides is 4. The third-order valence-corrected chi connectivity index (χ3v) is 8.73. The second-order valence-corrected chi connectivity index (χ2v) is 11.3. The molecule has 9 nitrogen and oxygen atoms in total. The standard InChI is InChI=1S/C32H29N5O4/c1-16-12-17(2)28-23(13-16)32(31(41)35-28)27-26(25(36-32)14-19-15-33-24-7-5-4-6-22(19)24)29(39)37(30(27)40)21-10-8-20(9-11-21)34-18(3)38/h4-13,15,25-27,33,36H,14H2,1-3H3,(H,34,38)(H,35,41)/t25-,26+,27-,32+/m0/s1.